The van der Waals surface area contributed by atoms with Crippen molar-refractivity contribution in [3.63, 3.8) is 0 Å². The molecule has 6 heteroatoms. The first-order valence-electron chi connectivity index (χ1n) is 11.6. The van der Waals surface area contributed by atoms with Gasteiger partial charge in [0.2, 0.25) is 0 Å². The minimum absolute atomic E-state index is 0.124. The Morgan fingerprint density at radius 3 is 2.48 bits per heavy atom. The van der Waals surface area contributed by atoms with E-state index in [0.29, 0.717) is 24.5 Å². The van der Waals surface area contributed by atoms with Crippen molar-refractivity contribution in [2.75, 3.05) is 33.8 Å². The molecule has 0 spiro atoms. The number of ketones is 1. The molecular formula is C27H34N2O4. The smallest absolute Gasteiger partial charge is 0.295 e. The summed E-state index contributed by atoms with van der Waals surface area (Å²) in [5.74, 6) is -0.684. The molecule has 0 radical (unpaired) electrons. The van der Waals surface area contributed by atoms with Gasteiger partial charge in [0, 0.05) is 12.1 Å². The summed E-state index contributed by atoms with van der Waals surface area (Å²) in [4.78, 5) is 29.7. The van der Waals surface area contributed by atoms with E-state index >= 15 is 0 Å². The molecule has 0 bridgehead atoms. The Bertz CT molecular complexity index is 985. The first kappa shape index (κ1) is 24.5. The quantitative estimate of drug-likeness (QED) is 0.234. The number of carbonyl (C=O) groups excluding carboxylic acids is 2. The molecule has 1 heterocycles. The number of nitrogens with zero attached hydrogens (tertiary/aromatic N) is 2. The minimum Gasteiger partial charge on any atom is -0.507 e. The number of unbranched alkanes of at least 4 members (excludes halogenated alkanes) is 2. The van der Waals surface area contributed by atoms with Gasteiger partial charge in [0.05, 0.1) is 18.2 Å². The number of hydrogen-bond acceptors (Lipinski definition) is 5. The summed E-state index contributed by atoms with van der Waals surface area (Å²) in [5, 5.41) is 11.1. The number of amides is 1. The molecule has 1 unspecified atom stereocenters. The van der Waals surface area contributed by atoms with Gasteiger partial charge in [-0.2, -0.15) is 0 Å². The summed E-state index contributed by atoms with van der Waals surface area (Å²) in [6.45, 7) is 3.96. The molecule has 33 heavy (non-hydrogen) atoms. The van der Waals surface area contributed by atoms with E-state index in [1.54, 1.807) is 29.2 Å². The fourth-order valence-corrected chi connectivity index (χ4v) is 4.08. The van der Waals surface area contributed by atoms with Gasteiger partial charge < -0.3 is 19.6 Å². The van der Waals surface area contributed by atoms with Crippen LogP contribution in [0.3, 0.4) is 0 Å². The highest BCUT2D eigenvalue weighted by Gasteiger charge is 2.45. The van der Waals surface area contributed by atoms with E-state index in [0.717, 1.165) is 37.8 Å². The SMILES string of the molecule is CCCCCOc1cccc(C2/C(=C(\O)c3ccccc3)C(=O)C(=O)N2CCCN(C)C)c1. The highest BCUT2D eigenvalue weighted by atomic mass is 16.5. The van der Waals surface area contributed by atoms with Crippen molar-refractivity contribution in [2.24, 2.45) is 0 Å². The summed E-state index contributed by atoms with van der Waals surface area (Å²) in [6, 6.07) is 15.7. The molecule has 2 aromatic rings. The van der Waals surface area contributed by atoms with Gasteiger partial charge in [0.15, 0.2) is 0 Å². The van der Waals surface area contributed by atoms with Crippen molar-refractivity contribution in [3.05, 3.63) is 71.3 Å². The fraction of sp³-hybridized carbons (Fsp3) is 0.407. The lowest BCUT2D eigenvalue weighted by molar-refractivity contribution is -0.139. The molecule has 1 aliphatic rings. The second kappa shape index (κ2) is 11.7. The molecule has 1 atom stereocenters. The number of ether oxygens (including phenoxy) is 1. The molecule has 2 aromatic carbocycles. The van der Waals surface area contributed by atoms with E-state index in [9.17, 15) is 14.7 Å². The van der Waals surface area contributed by atoms with Crippen LogP contribution in [-0.4, -0.2) is 60.4 Å². The normalized spacial score (nSPS) is 17.7. The van der Waals surface area contributed by atoms with Crippen LogP contribution in [0.5, 0.6) is 5.75 Å². The number of rotatable bonds is 11. The van der Waals surface area contributed by atoms with E-state index in [4.69, 9.17) is 4.74 Å². The Labute approximate surface area is 196 Å². The largest absolute Gasteiger partial charge is 0.507 e. The molecule has 1 fully saturated rings. The molecule has 0 saturated carbocycles. The summed E-state index contributed by atoms with van der Waals surface area (Å²) in [6.07, 6.45) is 3.90. The van der Waals surface area contributed by atoms with Crippen LogP contribution in [0.15, 0.2) is 60.2 Å². The third-order valence-electron chi connectivity index (χ3n) is 5.78. The first-order valence-corrected chi connectivity index (χ1v) is 11.6. The lowest BCUT2D eigenvalue weighted by Crippen LogP contribution is -2.32. The van der Waals surface area contributed by atoms with Gasteiger partial charge in [-0.15, -0.1) is 0 Å². The van der Waals surface area contributed by atoms with Crippen LogP contribution in [0.25, 0.3) is 5.76 Å². The standard InChI is InChI=1S/C27H34N2O4/c1-4-5-9-18-33-22-15-10-14-21(19-22)24-23(25(30)20-12-7-6-8-13-20)26(31)27(32)29(24)17-11-16-28(2)3/h6-8,10,12-15,19,24,30H,4-5,9,11,16-18H2,1-3H3/b25-23+. The predicted molar refractivity (Wildman–Crippen MR) is 130 cm³/mol. The monoisotopic (exact) mass is 450 g/mol. The molecule has 3 rings (SSSR count). The van der Waals surface area contributed by atoms with E-state index in [2.05, 4.69) is 6.92 Å². The lowest BCUT2D eigenvalue weighted by atomic mass is 9.95. The predicted octanol–water partition coefficient (Wildman–Crippen LogP) is 4.63. The molecule has 1 saturated heterocycles. The number of aliphatic hydroxyl groups excluding tert-OH is 1. The number of aliphatic hydroxyl groups is 1. The maximum absolute atomic E-state index is 13.1. The van der Waals surface area contributed by atoms with E-state index in [1.807, 2.05) is 49.3 Å². The van der Waals surface area contributed by atoms with Crippen LogP contribution in [-0.2, 0) is 9.59 Å². The molecule has 1 aliphatic heterocycles. The van der Waals surface area contributed by atoms with Crippen molar-refractivity contribution in [1.29, 1.82) is 0 Å². The van der Waals surface area contributed by atoms with E-state index < -0.39 is 17.7 Å². The van der Waals surface area contributed by atoms with Gasteiger partial charge in [0.25, 0.3) is 11.7 Å². The Kier molecular flexibility index (Phi) is 8.66. The molecule has 6 nitrogen and oxygen atoms in total. The number of likely N-dealkylation sites (tertiary alicyclic amines) is 1. The van der Waals surface area contributed by atoms with Gasteiger partial charge in [0.1, 0.15) is 11.5 Å². The van der Waals surface area contributed by atoms with Crippen LogP contribution in [0, 0.1) is 0 Å². The van der Waals surface area contributed by atoms with Crippen molar-refractivity contribution in [1.82, 2.24) is 9.80 Å². The van der Waals surface area contributed by atoms with Gasteiger partial charge in [-0.05, 0) is 51.2 Å². The molecule has 0 aliphatic carbocycles. The molecule has 1 amide bonds. The number of Topliss-reactive ketones (excluding diaryl/α,β-unsaturated/α-hetero) is 1. The average Bonchev–Trinajstić information content (AvgIpc) is 3.07. The van der Waals surface area contributed by atoms with Crippen LogP contribution in [0.2, 0.25) is 0 Å². The maximum atomic E-state index is 13.1. The maximum Gasteiger partial charge on any atom is 0.295 e. The Hall–Kier alpha value is -3.12. The first-order chi connectivity index (χ1) is 15.9. The van der Waals surface area contributed by atoms with Crippen molar-refractivity contribution >= 4 is 17.4 Å². The van der Waals surface area contributed by atoms with E-state index in [1.165, 1.54) is 0 Å². The highest BCUT2D eigenvalue weighted by molar-refractivity contribution is 6.46. The number of hydrogen-bond donors (Lipinski definition) is 1. The average molecular weight is 451 g/mol. The molecule has 176 valence electrons. The van der Waals surface area contributed by atoms with Crippen molar-refractivity contribution in [2.45, 2.75) is 38.6 Å². The Balaban J connectivity index is 1.99. The van der Waals surface area contributed by atoms with Crippen LogP contribution >= 0.6 is 0 Å². The number of carbonyl (C=O) groups is 2. The lowest BCUT2D eigenvalue weighted by Gasteiger charge is -2.26. The third kappa shape index (κ3) is 6.02. The third-order valence-corrected chi connectivity index (χ3v) is 5.78. The highest BCUT2D eigenvalue weighted by Crippen LogP contribution is 2.40. The van der Waals surface area contributed by atoms with Gasteiger partial charge in [-0.3, -0.25) is 9.59 Å². The zero-order valence-corrected chi connectivity index (χ0v) is 19.8. The summed E-state index contributed by atoms with van der Waals surface area (Å²) in [5.41, 5.74) is 1.39. The van der Waals surface area contributed by atoms with Crippen molar-refractivity contribution in [3.8, 4) is 5.75 Å². The molecule has 0 aromatic heterocycles. The summed E-state index contributed by atoms with van der Waals surface area (Å²) in [7, 11) is 3.95. The molecule has 1 N–H and O–H groups in total. The zero-order valence-electron chi connectivity index (χ0n) is 19.8. The summed E-state index contributed by atoms with van der Waals surface area (Å²) >= 11 is 0. The van der Waals surface area contributed by atoms with Crippen molar-refractivity contribution < 1.29 is 19.4 Å². The van der Waals surface area contributed by atoms with Gasteiger partial charge >= 0.3 is 0 Å². The topological polar surface area (TPSA) is 70.1 Å². The second-order valence-electron chi connectivity index (χ2n) is 8.64. The fourth-order valence-electron chi connectivity index (χ4n) is 4.08. The van der Waals surface area contributed by atoms with Gasteiger partial charge in [-0.25, -0.2) is 0 Å². The summed E-state index contributed by atoms with van der Waals surface area (Å²) < 4.78 is 5.92. The van der Waals surface area contributed by atoms with Crippen LogP contribution < -0.4 is 4.74 Å². The van der Waals surface area contributed by atoms with Gasteiger partial charge in [-0.1, -0.05) is 62.2 Å². The van der Waals surface area contributed by atoms with E-state index in [-0.39, 0.29) is 11.3 Å². The minimum atomic E-state index is -0.661. The van der Waals surface area contributed by atoms with Crippen LogP contribution in [0.1, 0.15) is 49.8 Å². The second-order valence-corrected chi connectivity index (χ2v) is 8.64. The van der Waals surface area contributed by atoms with Crippen LogP contribution in [0.4, 0.5) is 0 Å². The zero-order chi connectivity index (χ0) is 23.8. The Morgan fingerprint density at radius 2 is 1.79 bits per heavy atom. The Morgan fingerprint density at radius 1 is 1.03 bits per heavy atom. The number of benzene rings is 2. The molecular weight excluding hydrogens is 416 g/mol.